The Morgan fingerprint density at radius 2 is 1.81 bits per heavy atom. The average Bonchev–Trinajstić information content (AvgIpc) is 2.98. The van der Waals surface area contributed by atoms with Crippen LogP contribution in [-0.2, 0) is 4.74 Å². The standard InChI is InChI=1S/C19H17FN2O5/c1-22(2)13-9-14-12(8-15(13)25-3)16(18(23)27-19(21)24)17(26-14)10-4-6-11(20)7-5-10/h4-9H,1-3H3,(H2,21,24). The van der Waals surface area contributed by atoms with Gasteiger partial charge in [-0.25, -0.2) is 14.0 Å². The number of nitrogens with zero attached hydrogens (tertiary/aromatic N) is 1. The second kappa shape index (κ2) is 6.99. The SMILES string of the molecule is COc1cc2c(C(=O)OC(N)=O)c(-c3ccc(F)cc3)oc2cc1N(C)C. The van der Waals surface area contributed by atoms with Crippen molar-refractivity contribution in [2.45, 2.75) is 0 Å². The Kier molecular flexibility index (Phi) is 4.72. The first kappa shape index (κ1) is 18.2. The van der Waals surface area contributed by atoms with Crippen molar-refractivity contribution in [1.29, 1.82) is 0 Å². The number of rotatable bonds is 4. The summed E-state index contributed by atoms with van der Waals surface area (Å²) in [6.07, 6.45) is -1.24. The van der Waals surface area contributed by atoms with Crippen LogP contribution >= 0.6 is 0 Å². The van der Waals surface area contributed by atoms with E-state index < -0.39 is 17.9 Å². The first-order valence-electron chi connectivity index (χ1n) is 7.91. The number of esters is 1. The molecule has 0 unspecified atom stereocenters. The maximum atomic E-state index is 13.3. The predicted octanol–water partition coefficient (Wildman–Crippen LogP) is 3.55. The lowest BCUT2D eigenvalue weighted by atomic mass is 10.0. The molecule has 0 fully saturated rings. The Morgan fingerprint density at radius 1 is 1.15 bits per heavy atom. The molecule has 0 spiro atoms. The van der Waals surface area contributed by atoms with Crippen molar-refractivity contribution in [2.75, 3.05) is 26.1 Å². The Hall–Kier alpha value is -3.55. The second-order valence-corrected chi connectivity index (χ2v) is 5.94. The van der Waals surface area contributed by atoms with E-state index in [0.717, 1.165) is 5.69 Å². The number of fused-ring (bicyclic) bond motifs is 1. The molecule has 140 valence electrons. The number of amides is 1. The number of benzene rings is 2. The molecular weight excluding hydrogens is 355 g/mol. The van der Waals surface area contributed by atoms with Crippen LogP contribution < -0.4 is 15.4 Å². The molecule has 2 N–H and O–H groups in total. The Balaban J connectivity index is 2.31. The molecule has 0 saturated carbocycles. The molecule has 0 aliphatic rings. The van der Waals surface area contributed by atoms with E-state index in [-0.39, 0.29) is 11.3 Å². The van der Waals surface area contributed by atoms with Crippen LogP contribution in [0.5, 0.6) is 5.75 Å². The number of nitrogens with two attached hydrogens (primary N) is 1. The van der Waals surface area contributed by atoms with Crippen molar-refractivity contribution >= 4 is 28.7 Å². The molecule has 0 atom stereocenters. The van der Waals surface area contributed by atoms with E-state index in [1.54, 1.807) is 12.1 Å². The lowest BCUT2D eigenvalue weighted by molar-refractivity contribution is 0.0640. The number of ether oxygens (including phenoxy) is 2. The van der Waals surface area contributed by atoms with Gasteiger partial charge in [-0.3, -0.25) is 0 Å². The monoisotopic (exact) mass is 372 g/mol. The molecule has 0 aliphatic heterocycles. The molecule has 1 aromatic heterocycles. The van der Waals surface area contributed by atoms with E-state index in [1.165, 1.54) is 31.4 Å². The highest BCUT2D eigenvalue weighted by Crippen LogP contribution is 2.40. The fourth-order valence-corrected chi connectivity index (χ4v) is 2.77. The summed E-state index contributed by atoms with van der Waals surface area (Å²) < 4.78 is 29.1. The van der Waals surface area contributed by atoms with Gasteiger partial charge in [-0.1, -0.05) is 0 Å². The van der Waals surface area contributed by atoms with Crippen LogP contribution in [0.4, 0.5) is 14.9 Å². The van der Waals surface area contributed by atoms with E-state index in [1.807, 2.05) is 19.0 Å². The third kappa shape index (κ3) is 3.41. The molecule has 8 heteroatoms. The zero-order valence-electron chi connectivity index (χ0n) is 14.9. The van der Waals surface area contributed by atoms with Gasteiger partial charge in [0, 0.05) is 31.1 Å². The number of furan rings is 1. The van der Waals surface area contributed by atoms with Gasteiger partial charge in [0.25, 0.3) is 0 Å². The third-order valence-corrected chi connectivity index (χ3v) is 3.98. The number of primary amides is 1. The third-order valence-electron chi connectivity index (χ3n) is 3.98. The van der Waals surface area contributed by atoms with Gasteiger partial charge in [-0.2, -0.15) is 0 Å². The van der Waals surface area contributed by atoms with Gasteiger partial charge in [0.2, 0.25) is 0 Å². The quantitative estimate of drug-likeness (QED) is 0.556. The lowest BCUT2D eigenvalue weighted by Gasteiger charge is -2.16. The Bertz CT molecular complexity index is 1020. The minimum Gasteiger partial charge on any atom is -0.495 e. The average molecular weight is 372 g/mol. The van der Waals surface area contributed by atoms with Crippen molar-refractivity contribution in [3.8, 4) is 17.1 Å². The molecule has 3 rings (SSSR count). The molecule has 0 bridgehead atoms. The zero-order chi connectivity index (χ0) is 19.7. The van der Waals surface area contributed by atoms with E-state index >= 15 is 0 Å². The largest absolute Gasteiger partial charge is 0.495 e. The van der Waals surface area contributed by atoms with Crippen LogP contribution in [-0.4, -0.2) is 33.3 Å². The maximum Gasteiger partial charge on any atom is 0.412 e. The van der Waals surface area contributed by atoms with Crippen LogP contribution in [0.1, 0.15) is 10.4 Å². The number of methoxy groups -OCH3 is 1. The number of anilines is 1. The van der Waals surface area contributed by atoms with Crippen molar-refractivity contribution in [3.05, 3.63) is 47.8 Å². The maximum absolute atomic E-state index is 13.3. The highest BCUT2D eigenvalue weighted by molar-refractivity contribution is 6.12. The predicted molar refractivity (Wildman–Crippen MR) is 97.5 cm³/mol. The van der Waals surface area contributed by atoms with E-state index in [4.69, 9.17) is 14.9 Å². The van der Waals surface area contributed by atoms with Crippen LogP contribution in [0.15, 0.2) is 40.8 Å². The van der Waals surface area contributed by atoms with Crippen molar-refractivity contribution in [1.82, 2.24) is 0 Å². The highest BCUT2D eigenvalue weighted by atomic mass is 19.1. The van der Waals surface area contributed by atoms with Crippen LogP contribution in [0.3, 0.4) is 0 Å². The summed E-state index contributed by atoms with van der Waals surface area (Å²) >= 11 is 0. The summed E-state index contributed by atoms with van der Waals surface area (Å²) in [7, 11) is 5.15. The van der Waals surface area contributed by atoms with Gasteiger partial charge < -0.3 is 24.5 Å². The minimum atomic E-state index is -1.24. The molecule has 1 heterocycles. The van der Waals surface area contributed by atoms with Crippen LogP contribution in [0.25, 0.3) is 22.3 Å². The molecule has 27 heavy (non-hydrogen) atoms. The van der Waals surface area contributed by atoms with Crippen molar-refractivity contribution in [3.63, 3.8) is 0 Å². The summed E-state index contributed by atoms with van der Waals surface area (Å²) in [6.45, 7) is 0. The number of hydrogen-bond donors (Lipinski definition) is 1. The molecule has 0 aliphatic carbocycles. The molecule has 0 radical (unpaired) electrons. The summed E-state index contributed by atoms with van der Waals surface area (Å²) in [5.41, 5.74) is 6.51. The summed E-state index contributed by atoms with van der Waals surface area (Å²) in [5, 5.41) is 0.378. The van der Waals surface area contributed by atoms with Gasteiger partial charge in [-0.15, -0.1) is 0 Å². The molecule has 7 nitrogen and oxygen atoms in total. The second-order valence-electron chi connectivity index (χ2n) is 5.94. The number of hydrogen-bond acceptors (Lipinski definition) is 6. The van der Waals surface area contributed by atoms with Crippen molar-refractivity contribution < 1.29 is 27.9 Å². The normalized spacial score (nSPS) is 10.7. The number of carbonyl (C=O) groups is 2. The van der Waals surface area contributed by atoms with Gasteiger partial charge in [0.05, 0.1) is 12.8 Å². The van der Waals surface area contributed by atoms with Crippen molar-refractivity contribution in [2.24, 2.45) is 5.73 Å². The first-order chi connectivity index (χ1) is 12.8. The molecular formula is C19H17FN2O5. The van der Waals surface area contributed by atoms with Gasteiger partial charge in [0.1, 0.15) is 28.5 Å². The smallest absolute Gasteiger partial charge is 0.412 e. The number of carbonyl (C=O) groups excluding carboxylic acids is 2. The zero-order valence-corrected chi connectivity index (χ0v) is 14.9. The molecule has 1 amide bonds. The fraction of sp³-hybridized carbons (Fsp3) is 0.158. The summed E-state index contributed by atoms with van der Waals surface area (Å²) in [4.78, 5) is 25.4. The summed E-state index contributed by atoms with van der Waals surface area (Å²) in [6, 6.07) is 8.69. The van der Waals surface area contributed by atoms with E-state index in [9.17, 15) is 14.0 Å². The lowest BCUT2D eigenvalue weighted by Crippen LogP contribution is -2.18. The van der Waals surface area contributed by atoms with Gasteiger partial charge in [-0.05, 0) is 30.3 Å². The fourth-order valence-electron chi connectivity index (χ4n) is 2.77. The minimum absolute atomic E-state index is 0.000913. The van der Waals surface area contributed by atoms with E-state index in [2.05, 4.69) is 4.74 Å². The van der Waals surface area contributed by atoms with E-state index in [0.29, 0.717) is 22.3 Å². The van der Waals surface area contributed by atoms with Gasteiger partial charge in [0.15, 0.2) is 0 Å². The molecule has 3 aromatic rings. The van der Waals surface area contributed by atoms with Gasteiger partial charge >= 0.3 is 12.1 Å². The summed E-state index contributed by atoms with van der Waals surface area (Å²) in [5.74, 6) is -0.783. The Morgan fingerprint density at radius 3 is 2.37 bits per heavy atom. The highest BCUT2D eigenvalue weighted by Gasteiger charge is 2.26. The topological polar surface area (TPSA) is 95.0 Å². The Labute approximate surface area is 154 Å². The number of halogens is 1. The van der Waals surface area contributed by atoms with Crippen LogP contribution in [0, 0.1) is 5.82 Å². The molecule has 0 saturated heterocycles. The molecule has 2 aromatic carbocycles. The van der Waals surface area contributed by atoms with Crippen LogP contribution in [0.2, 0.25) is 0 Å². The first-order valence-corrected chi connectivity index (χ1v) is 7.91.